The molecule has 2 rings (SSSR count). The lowest BCUT2D eigenvalue weighted by Crippen LogP contribution is -2.11. The van der Waals surface area contributed by atoms with E-state index in [2.05, 4.69) is 17.6 Å². The van der Waals surface area contributed by atoms with E-state index in [9.17, 15) is 4.79 Å². The van der Waals surface area contributed by atoms with E-state index in [1.807, 2.05) is 18.2 Å². The fourth-order valence-corrected chi connectivity index (χ4v) is 3.51. The summed E-state index contributed by atoms with van der Waals surface area (Å²) < 4.78 is 12.6. The second-order valence-corrected chi connectivity index (χ2v) is 6.70. The molecule has 0 bridgehead atoms. The predicted molar refractivity (Wildman–Crippen MR) is 86.9 cm³/mol. The molecule has 0 radical (unpaired) electrons. The van der Waals surface area contributed by atoms with Crippen molar-refractivity contribution in [3.05, 3.63) is 36.4 Å². The number of carbonyl (C=O) groups is 1. The van der Waals surface area contributed by atoms with Gasteiger partial charge in [-0.3, -0.25) is 0 Å². The average Bonchev–Trinajstić information content (AvgIpc) is 2.88. The fourth-order valence-electron chi connectivity index (χ4n) is 1.52. The van der Waals surface area contributed by atoms with Gasteiger partial charge in [-0.1, -0.05) is 30.5 Å². The van der Waals surface area contributed by atoms with Crippen LogP contribution < -0.4 is 0 Å². The van der Waals surface area contributed by atoms with Crippen LogP contribution in [-0.2, 0) is 14.3 Å². The number of thiazole rings is 1. The van der Waals surface area contributed by atoms with Gasteiger partial charge in [-0.2, -0.15) is 0 Å². The maximum Gasteiger partial charge on any atom is 0.333 e. The van der Waals surface area contributed by atoms with E-state index in [0.717, 1.165) is 15.6 Å². The van der Waals surface area contributed by atoms with E-state index in [-0.39, 0.29) is 12.6 Å². The summed E-state index contributed by atoms with van der Waals surface area (Å²) in [7, 11) is 0. The number of fused-ring (bicyclic) bond motifs is 1. The van der Waals surface area contributed by atoms with E-state index in [1.165, 1.54) is 4.70 Å². The van der Waals surface area contributed by atoms with E-state index in [4.69, 9.17) is 9.47 Å². The lowest BCUT2D eigenvalue weighted by Gasteiger charge is -2.05. The maximum atomic E-state index is 11.1. The number of rotatable bonds is 8. The van der Waals surface area contributed by atoms with E-state index in [0.29, 0.717) is 18.8 Å². The topological polar surface area (TPSA) is 48.4 Å². The molecule has 0 aliphatic carbocycles. The van der Waals surface area contributed by atoms with Gasteiger partial charge < -0.3 is 9.47 Å². The number of ether oxygens (including phenoxy) is 2. The highest BCUT2D eigenvalue weighted by Crippen LogP contribution is 2.28. The molecule has 0 N–H and O–H groups in total. The van der Waals surface area contributed by atoms with Crippen LogP contribution in [0.3, 0.4) is 0 Å². The highest BCUT2D eigenvalue weighted by molar-refractivity contribution is 8.01. The van der Waals surface area contributed by atoms with Crippen molar-refractivity contribution in [3.8, 4) is 0 Å². The molecule has 0 saturated carbocycles. The first-order valence-corrected chi connectivity index (χ1v) is 8.36. The monoisotopic (exact) mass is 323 g/mol. The largest absolute Gasteiger partial charge is 0.460 e. The first-order valence-electron chi connectivity index (χ1n) is 6.55. The minimum atomic E-state index is -0.373. The van der Waals surface area contributed by atoms with Gasteiger partial charge in [-0.15, -0.1) is 11.3 Å². The van der Waals surface area contributed by atoms with Gasteiger partial charge in [-0.25, -0.2) is 9.78 Å². The molecular weight excluding hydrogens is 306 g/mol. The van der Waals surface area contributed by atoms with Gasteiger partial charge in [0.1, 0.15) is 6.61 Å². The number of aromatic nitrogens is 1. The molecular formula is C15H17NO3S2. The highest BCUT2D eigenvalue weighted by atomic mass is 32.2. The van der Waals surface area contributed by atoms with Crippen molar-refractivity contribution in [2.75, 3.05) is 25.6 Å². The molecule has 6 heteroatoms. The molecule has 1 heterocycles. The van der Waals surface area contributed by atoms with Gasteiger partial charge in [0.25, 0.3) is 0 Å². The molecule has 112 valence electrons. The van der Waals surface area contributed by atoms with Gasteiger partial charge in [-0.05, 0) is 19.1 Å². The summed E-state index contributed by atoms with van der Waals surface area (Å²) in [4.78, 5) is 15.6. The Kier molecular flexibility index (Phi) is 6.22. The maximum absolute atomic E-state index is 11.1. The molecule has 1 aromatic carbocycles. The Labute approximate surface area is 132 Å². The average molecular weight is 323 g/mol. The van der Waals surface area contributed by atoms with Crippen molar-refractivity contribution in [2.45, 2.75) is 11.3 Å². The molecule has 0 fully saturated rings. The summed E-state index contributed by atoms with van der Waals surface area (Å²) in [6.07, 6.45) is 0. The molecule has 0 atom stereocenters. The van der Waals surface area contributed by atoms with Crippen molar-refractivity contribution in [3.63, 3.8) is 0 Å². The smallest absolute Gasteiger partial charge is 0.333 e. The van der Waals surface area contributed by atoms with Gasteiger partial charge in [0.15, 0.2) is 4.34 Å². The summed E-state index contributed by atoms with van der Waals surface area (Å²) in [6.45, 7) is 6.40. The van der Waals surface area contributed by atoms with Crippen LogP contribution in [0.15, 0.2) is 40.8 Å². The lowest BCUT2D eigenvalue weighted by molar-refractivity contribution is -0.140. The Hall–Kier alpha value is -1.37. The molecule has 21 heavy (non-hydrogen) atoms. The Bertz CT molecular complexity index is 591. The van der Waals surface area contributed by atoms with Crippen molar-refractivity contribution in [1.82, 2.24) is 4.98 Å². The van der Waals surface area contributed by atoms with Gasteiger partial charge in [0.2, 0.25) is 0 Å². The number of benzene rings is 1. The quantitative estimate of drug-likeness (QED) is 0.322. The number of thioether (sulfide) groups is 1. The van der Waals surface area contributed by atoms with E-state index >= 15 is 0 Å². The van der Waals surface area contributed by atoms with E-state index in [1.54, 1.807) is 30.0 Å². The molecule has 0 aliphatic rings. The Morgan fingerprint density at radius 2 is 2.14 bits per heavy atom. The summed E-state index contributed by atoms with van der Waals surface area (Å²) in [5, 5.41) is 0. The molecule has 4 nitrogen and oxygen atoms in total. The van der Waals surface area contributed by atoms with Crippen LogP contribution in [0.4, 0.5) is 0 Å². The summed E-state index contributed by atoms with van der Waals surface area (Å²) in [5.41, 5.74) is 1.44. The molecule has 0 aliphatic heterocycles. The molecule has 1 aromatic heterocycles. The normalized spacial score (nSPS) is 10.7. The fraction of sp³-hybridized carbons (Fsp3) is 0.333. The predicted octanol–water partition coefficient (Wildman–Crippen LogP) is 3.52. The number of carbonyl (C=O) groups excluding carboxylic acids is 1. The SMILES string of the molecule is C=C(C)C(=O)OCCOCCSc1nc2ccccc2s1. The Morgan fingerprint density at radius 3 is 2.90 bits per heavy atom. The number of hydrogen-bond acceptors (Lipinski definition) is 6. The van der Waals surface area contributed by atoms with E-state index < -0.39 is 0 Å². The third kappa shape index (κ3) is 5.15. The zero-order chi connectivity index (χ0) is 15.1. The van der Waals surface area contributed by atoms with Crippen LogP contribution in [0.1, 0.15) is 6.92 Å². The second kappa shape index (κ2) is 8.17. The molecule has 0 saturated heterocycles. The molecule has 2 aromatic rings. The van der Waals surface area contributed by atoms with Crippen LogP contribution >= 0.6 is 23.1 Å². The molecule has 0 amide bonds. The molecule has 0 unspecified atom stereocenters. The van der Waals surface area contributed by atoms with Gasteiger partial charge >= 0.3 is 5.97 Å². The number of esters is 1. The number of hydrogen-bond donors (Lipinski definition) is 0. The number of nitrogens with zero attached hydrogens (tertiary/aromatic N) is 1. The van der Waals surface area contributed by atoms with Crippen LogP contribution in [0.5, 0.6) is 0 Å². The summed E-state index contributed by atoms with van der Waals surface area (Å²) >= 11 is 3.37. The van der Waals surface area contributed by atoms with Crippen molar-refractivity contribution >= 4 is 39.3 Å². The highest BCUT2D eigenvalue weighted by Gasteiger charge is 2.04. The van der Waals surface area contributed by atoms with Gasteiger partial charge in [0, 0.05) is 11.3 Å². The van der Waals surface area contributed by atoms with Crippen LogP contribution in [-0.4, -0.2) is 36.5 Å². The second-order valence-electron chi connectivity index (χ2n) is 4.32. The number of para-hydroxylation sites is 1. The van der Waals surface area contributed by atoms with Crippen molar-refractivity contribution in [1.29, 1.82) is 0 Å². The first kappa shape index (κ1) is 16.0. The van der Waals surface area contributed by atoms with Gasteiger partial charge in [0.05, 0.1) is 23.4 Å². The summed E-state index contributed by atoms with van der Waals surface area (Å²) in [5.74, 6) is 0.455. The standard InChI is InChI=1S/C15H17NO3S2/c1-11(2)14(17)19-8-7-18-9-10-20-15-16-12-5-3-4-6-13(12)21-15/h3-6H,1,7-10H2,2H3. The third-order valence-electron chi connectivity index (χ3n) is 2.54. The zero-order valence-corrected chi connectivity index (χ0v) is 13.5. The van der Waals surface area contributed by atoms with Crippen LogP contribution in [0, 0.1) is 0 Å². The minimum absolute atomic E-state index is 0.261. The molecule has 0 spiro atoms. The Balaban J connectivity index is 1.59. The van der Waals surface area contributed by atoms with Crippen molar-refractivity contribution < 1.29 is 14.3 Å². The first-order chi connectivity index (χ1) is 10.2. The zero-order valence-electron chi connectivity index (χ0n) is 11.8. The third-order valence-corrected chi connectivity index (χ3v) is 4.68. The summed E-state index contributed by atoms with van der Waals surface area (Å²) in [6, 6.07) is 8.10. The Morgan fingerprint density at radius 1 is 1.33 bits per heavy atom. The lowest BCUT2D eigenvalue weighted by atomic mass is 10.3. The van der Waals surface area contributed by atoms with Crippen LogP contribution in [0.2, 0.25) is 0 Å². The van der Waals surface area contributed by atoms with Crippen molar-refractivity contribution in [2.24, 2.45) is 0 Å². The minimum Gasteiger partial charge on any atom is -0.460 e. The van der Waals surface area contributed by atoms with Crippen LogP contribution in [0.25, 0.3) is 10.2 Å².